The summed E-state index contributed by atoms with van der Waals surface area (Å²) in [5, 5.41) is 2.86. The molecule has 1 aromatic carbocycles. The van der Waals surface area contributed by atoms with E-state index in [1.54, 1.807) is 32.4 Å². The Kier molecular flexibility index (Phi) is 9.34. The third-order valence-electron chi connectivity index (χ3n) is 3.68. The number of rotatable bonds is 11. The lowest BCUT2D eigenvalue weighted by Crippen LogP contribution is -2.11. The van der Waals surface area contributed by atoms with Crippen LogP contribution in [0.25, 0.3) is 0 Å². The van der Waals surface area contributed by atoms with Crippen LogP contribution in [-0.4, -0.2) is 33.2 Å². The van der Waals surface area contributed by atoms with E-state index in [9.17, 15) is 9.59 Å². The van der Waals surface area contributed by atoms with E-state index in [1.807, 2.05) is 0 Å². The number of hydrogen-bond acceptors (Lipinski definition) is 5. The maximum Gasteiger partial charge on any atom is 0.305 e. The molecule has 0 atom stereocenters. The number of ether oxygens (including phenoxy) is 3. The second-order valence-electron chi connectivity index (χ2n) is 5.46. The average Bonchev–Trinajstić information content (AvgIpc) is 2.60. The van der Waals surface area contributed by atoms with Gasteiger partial charge in [0.05, 0.1) is 21.3 Å². The Hall–Kier alpha value is -2.24. The molecule has 0 heterocycles. The number of esters is 1. The van der Waals surface area contributed by atoms with Gasteiger partial charge in [0.25, 0.3) is 0 Å². The zero-order valence-electron chi connectivity index (χ0n) is 14.7. The summed E-state index contributed by atoms with van der Waals surface area (Å²) in [6.45, 7) is 0. The van der Waals surface area contributed by atoms with Crippen molar-refractivity contribution in [1.29, 1.82) is 0 Å². The second kappa shape index (κ2) is 11.3. The van der Waals surface area contributed by atoms with Gasteiger partial charge in [-0.3, -0.25) is 9.59 Å². The van der Waals surface area contributed by atoms with Crippen LogP contribution in [0.4, 0.5) is 5.69 Å². The molecule has 134 valence electrons. The molecule has 0 saturated carbocycles. The van der Waals surface area contributed by atoms with Crippen molar-refractivity contribution < 1.29 is 23.8 Å². The van der Waals surface area contributed by atoms with Crippen LogP contribution >= 0.6 is 0 Å². The zero-order valence-corrected chi connectivity index (χ0v) is 14.7. The fourth-order valence-electron chi connectivity index (χ4n) is 2.32. The third-order valence-corrected chi connectivity index (χ3v) is 3.68. The molecule has 6 nitrogen and oxygen atoms in total. The monoisotopic (exact) mass is 337 g/mol. The number of amides is 1. The van der Waals surface area contributed by atoms with E-state index in [4.69, 9.17) is 9.47 Å². The van der Waals surface area contributed by atoms with E-state index >= 15 is 0 Å². The summed E-state index contributed by atoms with van der Waals surface area (Å²) in [4.78, 5) is 22.9. The summed E-state index contributed by atoms with van der Waals surface area (Å²) >= 11 is 0. The molecule has 0 aromatic heterocycles. The summed E-state index contributed by atoms with van der Waals surface area (Å²) in [6, 6.07) is 5.28. The van der Waals surface area contributed by atoms with Gasteiger partial charge in [-0.05, 0) is 25.0 Å². The summed E-state index contributed by atoms with van der Waals surface area (Å²) in [6.07, 6.45) is 5.58. The number of methoxy groups -OCH3 is 3. The molecule has 0 aliphatic heterocycles. The molecule has 0 aliphatic carbocycles. The lowest BCUT2D eigenvalue weighted by Gasteiger charge is -2.10. The van der Waals surface area contributed by atoms with Gasteiger partial charge >= 0.3 is 5.97 Å². The first-order chi connectivity index (χ1) is 11.6. The smallest absolute Gasteiger partial charge is 0.305 e. The van der Waals surface area contributed by atoms with Gasteiger partial charge in [-0.2, -0.15) is 0 Å². The quantitative estimate of drug-likeness (QED) is 0.494. The van der Waals surface area contributed by atoms with Gasteiger partial charge in [-0.15, -0.1) is 0 Å². The van der Waals surface area contributed by atoms with Crippen molar-refractivity contribution in [2.24, 2.45) is 0 Å². The minimum Gasteiger partial charge on any atom is -0.493 e. The summed E-state index contributed by atoms with van der Waals surface area (Å²) < 4.78 is 15.0. The van der Waals surface area contributed by atoms with Gasteiger partial charge in [-0.1, -0.05) is 19.3 Å². The Bertz CT molecular complexity index is 530. The number of benzene rings is 1. The molecule has 0 aliphatic rings. The zero-order chi connectivity index (χ0) is 17.8. The molecule has 0 spiro atoms. The van der Waals surface area contributed by atoms with Gasteiger partial charge in [0.15, 0.2) is 11.5 Å². The lowest BCUT2D eigenvalue weighted by atomic mass is 10.1. The van der Waals surface area contributed by atoms with Gasteiger partial charge in [0.2, 0.25) is 5.91 Å². The molecule has 0 fully saturated rings. The normalized spacial score (nSPS) is 10.1. The van der Waals surface area contributed by atoms with Crippen LogP contribution < -0.4 is 14.8 Å². The van der Waals surface area contributed by atoms with Crippen LogP contribution in [0.3, 0.4) is 0 Å². The Morgan fingerprint density at radius 3 is 2.12 bits per heavy atom. The van der Waals surface area contributed by atoms with Crippen LogP contribution in [0.5, 0.6) is 11.5 Å². The average molecular weight is 337 g/mol. The van der Waals surface area contributed by atoms with Crippen molar-refractivity contribution in [2.45, 2.75) is 44.9 Å². The van der Waals surface area contributed by atoms with E-state index in [2.05, 4.69) is 10.1 Å². The number of carbonyl (C=O) groups is 2. The lowest BCUT2D eigenvalue weighted by molar-refractivity contribution is -0.140. The Morgan fingerprint density at radius 1 is 0.875 bits per heavy atom. The van der Waals surface area contributed by atoms with Crippen LogP contribution in [0.1, 0.15) is 44.9 Å². The molecule has 1 rings (SSSR count). The molecule has 6 heteroatoms. The Labute approximate surface area is 143 Å². The van der Waals surface area contributed by atoms with Crippen molar-refractivity contribution in [3.8, 4) is 11.5 Å². The molecule has 0 unspecified atom stereocenters. The summed E-state index contributed by atoms with van der Waals surface area (Å²) in [7, 11) is 4.53. The number of anilines is 1. The highest BCUT2D eigenvalue weighted by molar-refractivity contribution is 5.91. The fraction of sp³-hybridized carbons (Fsp3) is 0.556. The molecule has 0 bridgehead atoms. The standard InChI is InChI=1S/C18H27NO5/c1-22-15-12-11-14(13-16(15)23-2)19-17(20)9-7-5-4-6-8-10-18(21)24-3/h11-13H,4-10H2,1-3H3,(H,19,20). The molecule has 0 radical (unpaired) electrons. The minimum absolute atomic E-state index is 0.0169. The van der Waals surface area contributed by atoms with E-state index in [1.165, 1.54) is 7.11 Å². The summed E-state index contributed by atoms with van der Waals surface area (Å²) in [5.41, 5.74) is 0.690. The largest absolute Gasteiger partial charge is 0.493 e. The Balaban J connectivity index is 2.21. The highest BCUT2D eigenvalue weighted by atomic mass is 16.5. The van der Waals surface area contributed by atoms with Crippen LogP contribution in [0.15, 0.2) is 18.2 Å². The van der Waals surface area contributed by atoms with Crippen LogP contribution in [0.2, 0.25) is 0 Å². The van der Waals surface area contributed by atoms with Crippen molar-refractivity contribution >= 4 is 17.6 Å². The fourth-order valence-corrected chi connectivity index (χ4v) is 2.32. The van der Waals surface area contributed by atoms with Gasteiger partial charge in [-0.25, -0.2) is 0 Å². The molecule has 1 aromatic rings. The molecule has 24 heavy (non-hydrogen) atoms. The maximum absolute atomic E-state index is 11.9. The molecule has 1 N–H and O–H groups in total. The highest BCUT2D eigenvalue weighted by Gasteiger charge is 2.07. The number of nitrogens with one attached hydrogen (secondary N) is 1. The van der Waals surface area contributed by atoms with Gasteiger partial charge in [0, 0.05) is 24.6 Å². The topological polar surface area (TPSA) is 73.9 Å². The highest BCUT2D eigenvalue weighted by Crippen LogP contribution is 2.29. The minimum atomic E-state index is -0.163. The molecular weight excluding hydrogens is 310 g/mol. The molecular formula is C18H27NO5. The van der Waals surface area contributed by atoms with E-state index in [0.29, 0.717) is 30.0 Å². The van der Waals surface area contributed by atoms with Crippen molar-refractivity contribution in [3.63, 3.8) is 0 Å². The van der Waals surface area contributed by atoms with Crippen molar-refractivity contribution in [3.05, 3.63) is 18.2 Å². The second-order valence-corrected chi connectivity index (χ2v) is 5.46. The first-order valence-electron chi connectivity index (χ1n) is 8.19. The van der Waals surface area contributed by atoms with E-state index in [0.717, 1.165) is 32.1 Å². The predicted molar refractivity (Wildman–Crippen MR) is 92.5 cm³/mol. The van der Waals surface area contributed by atoms with Gasteiger partial charge < -0.3 is 19.5 Å². The third kappa shape index (κ3) is 7.35. The molecule has 0 saturated heterocycles. The predicted octanol–water partition coefficient (Wildman–Crippen LogP) is 3.55. The SMILES string of the molecule is COC(=O)CCCCCCCC(=O)Nc1ccc(OC)c(OC)c1. The van der Waals surface area contributed by atoms with E-state index in [-0.39, 0.29) is 11.9 Å². The summed E-state index contributed by atoms with van der Waals surface area (Å²) in [5.74, 6) is 1.03. The van der Waals surface area contributed by atoms with Gasteiger partial charge in [0.1, 0.15) is 0 Å². The van der Waals surface area contributed by atoms with E-state index < -0.39 is 0 Å². The Morgan fingerprint density at radius 2 is 1.50 bits per heavy atom. The number of carbonyl (C=O) groups excluding carboxylic acids is 2. The number of hydrogen-bond donors (Lipinski definition) is 1. The van der Waals surface area contributed by atoms with Crippen LogP contribution in [0, 0.1) is 0 Å². The van der Waals surface area contributed by atoms with Crippen molar-refractivity contribution in [1.82, 2.24) is 0 Å². The molecule has 1 amide bonds. The first-order valence-corrected chi connectivity index (χ1v) is 8.19. The number of unbranched alkanes of at least 4 members (excludes halogenated alkanes) is 4. The van der Waals surface area contributed by atoms with Crippen LogP contribution in [-0.2, 0) is 14.3 Å². The van der Waals surface area contributed by atoms with Crippen molar-refractivity contribution in [2.75, 3.05) is 26.6 Å². The first kappa shape index (κ1) is 19.8. The maximum atomic E-state index is 11.9.